The first-order valence-corrected chi connectivity index (χ1v) is 6.90. The van der Waals surface area contributed by atoms with Crippen molar-refractivity contribution in [1.82, 2.24) is 15.1 Å². The molecule has 0 radical (unpaired) electrons. The van der Waals surface area contributed by atoms with E-state index < -0.39 is 0 Å². The van der Waals surface area contributed by atoms with Crippen LogP contribution in [0.2, 0.25) is 0 Å². The van der Waals surface area contributed by atoms with Gasteiger partial charge >= 0.3 is 0 Å². The quantitative estimate of drug-likeness (QED) is 0.881. The van der Waals surface area contributed by atoms with Crippen LogP contribution in [-0.4, -0.2) is 20.9 Å². The molecule has 0 fully saturated rings. The van der Waals surface area contributed by atoms with E-state index in [2.05, 4.69) is 22.0 Å². The number of hydrogen-bond acceptors (Lipinski definition) is 7. The molecule has 2 aromatic rings. The van der Waals surface area contributed by atoms with Gasteiger partial charge in [0.2, 0.25) is 5.89 Å². The minimum absolute atomic E-state index is 0.553. The van der Waals surface area contributed by atoms with E-state index in [0.717, 1.165) is 23.0 Å². The molecule has 86 valence electrons. The summed E-state index contributed by atoms with van der Waals surface area (Å²) < 4.78 is 5.12. The maximum Gasteiger partial charge on any atom is 0.232 e. The Morgan fingerprint density at radius 1 is 1.50 bits per heavy atom. The molecule has 0 amide bonds. The second-order valence-electron chi connectivity index (χ2n) is 3.10. The molecular formula is C9H12N4OS2. The molecule has 2 heterocycles. The lowest BCUT2D eigenvalue weighted by molar-refractivity contribution is 0.380. The Labute approximate surface area is 101 Å². The summed E-state index contributed by atoms with van der Waals surface area (Å²) in [5.41, 5.74) is 6.42. The molecule has 0 aliphatic heterocycles. The molecule has 2 rings (SSSR count). The Bertz CT molecular complexity index is 454. The first-order chi connectivity index (χ1) is 7.78. The lowest BCUT2D eigenvalue weighted by atomic mass is 10.3. The highest BCUT2D eigenvalue weighted by Gasteiger charge is 2.08. The molecule has 2 aromatic heterocycles. The fraction of sp³-hybridized carbons (Fsp3) is 0.444. The monoisotopic (exact) mass is 256 g/mol. The van der Waals surface area contributed by atoms with Crippen LogP contribution in [0.3, 0.4) is 0 Å². The summed E-state index contributed by atoms with van der Waals surface area (Å²) in [6.07, 6.45) is 0.553. The average Bonchev–Trinajstić information content (AvgIpc) is 2.86. The molecule has 0 aliphatic rings. The number of nitrogens with two attached hydrogens (primary N) is 1. The number of nitrogen functional groups attached to an aromatic ring is 1. The Morgan fingerprint density at radius 3 is 3.06 bits per heavy atom. The van der Waals surface area contributed by atoms with Crippen molar-refractivity contribution >= 4 is 28.2 Å². The topological polar surface area (TPSA) is 77.8 Å². The van der Waals surface area contributed by atoms with Gasteiger partial charge in [-0.05, 0) is 5.75 Å². The molecule has 2 N–H and O–H groups in total. The summed E-state index contributed by atoms with van der Waals surface area (Å²) in [5, 5.41) is 6.36. The highest BCUT2D eigenvalue weighted by atomic mass is 32.2. The minimum atomic E-state index is 0.553. The van der Waals surface area contributed by atoms with Gasteiger partial charge in [0.15, 0.2) is 11.0 Å². The second kappa shape index (κ2) is 5.31. The van der Waals surface area contributed by atoms with E-state index in [-0.39, 0.29) is 0 Å². The summed E-state index contributed by atoms with van der Waals surface area (Å²) in [6, 6.07) is 0. The molecule has 0 bridgehead atoms. The van der Waals surface area contributed by atoms with Gasteiger partial charge in [-0.25, -0.2) is 4.98 Å². The molecule has 0 aromatic carbocycles. The van der Waals surface area contributed by atoms with Crippen molar-refractivity contribution in [2.75, 3.05) is 11.5 Å². The van der Waals surface area contributed by atoms with E-state index >= 15 is 0 Å². The molecule has 16 heavy (non-hydrogen) atoms. The van der Waals surface area contributed by atoms with Crippen molar-refractivity contribution in [2.45, 2.75) is 19.1 Å². The largest absolute Gasteiger partial charge is 0.375 e. The Kier molecular flexibility index (Phi) is 3.79. The maximum absolute atomic E-state index is 5.54. The molecule has 0 saturated carbocycles. The summed E-state index contributed by atoms with van der Waals surface area (Å²) in [4.78, 5) is 8.42. The van der Waals surface area contributed by atoms with Gasteiger partial charge in [0.05, 0.1) is 17.9 Å². The van der Waals surface area contributed by atoms with Gasteiger partial charge in [-0.2, -0.15) is 16.7 Å². The van der Waals surface area contributed by atoms with Crippen LogP contribution >= 0.6 is 23.1 Å². The van der Waals surface area contributed by atoms with Gasteiger partial charge in [0.25, 0.3) is 0 Å². The molecule has 0 spiro atoms. The van der Waals surface area contributed by atoms with Crippen molar-refractivity contribution in [2.24, 2.45) is 0 Å². The third-order valence-corrected chi connectivity index (χ3v) is 3.44. The number of nitrogens with zero attached hydrogens (tertiary/aromatic N) is 3. The number of aromatic nitrogens is 3. The van der Waals surface area contributed by atoms with Crippen molar-refractivity contribution < 1.29 is 4.52 Å². The van der Waals surface area contributed by atoms with Crippen LogP contribution in [0, 0.1) is 0 Å². The van der Waals surface area contributed by atoms with Crippen LogP contribution in [0.5, 0.6) is 0 Å². The second-order valence-corrected chi connectivity index (χ2v) is 5.26. The van der Waals surface area contributed by atoms with Gasteiger partial charge in [-0.3, -0.25) is 0 Å². The number of hydrogen-bond donors (Lipinski definition) is 1. The maximum atomic E-state index is 5.54. The normalized spacial score (nSPS) is 10.8. The third-order valence-electron chi connectivity index (χ3n) is 1.85. The van der Waals surface area contributed by atoms with Gasteiger partial charge in [-0.1, -0.05) is 12.1 Å². The zero-order valence-corrected chi connectivity index (χ0v) is 10.5. The number of thioether (sulfide) groups is 1. The molecule has 0 aliphatic carbocycles. The highest BCUT2D eigenvalue weighted by Crippen LogP contribution is 2.15. The van der Waals surface area contributed by atoms with E-state index in [4.69, 9.17) is 10.3 Å². The van der Waals surface area contributed by atoms with E-state index in [0.29, 0.717) is 17.4 Å². The first-order valence-electron chi connectivity index (χ1n) is 4.87. The lowest BCUT2D eigenvalue weighted by Gasteiger charge is -1.89. The SMILES string of the molecule is CCSCc1noc(Cc2csc(N)n2)n1. The van der Waals surface area contributed by atoms with Gasteiger partial charge in [0, 0.05) is 5.38 Å². The smallest absolute Gasteiger partial charge is 0.232 e. The van der Waals surface area contributed by atoms with Crippen LogP contribution in [0.4, 0.5) is 5.13 Å². The summed E-state index contributed by atoms with van der Waals surface area (Å²) in [7, 11) is 0. The summed E-state index contributed by atoms with van der Waals surface area (Å²) in [6.45, 7) is 2.10. The highest BCUT2D eigenvalue weighted by molar-refractivity contribution is 7.98. The Morgan fingerprint density at radius 2 is 2.38 bits per heavy atom. The fourth-order valence-electron chi connectivity index (χ4n) is 1.17. The standard InChI is InChI=1S/C9H12N4OS2/c1-2-15-5-7-12-8(14-13-7)3-6-4-16-9(10)11-6/h4H,2-3,5H2,1H3,(H2,10,11). The molecular weight excluding hydrogens is 244 g/mol. The van der Waals surface area contributed by atoms with Crippen molar-refractivity contribution in [1.29, 1.82) is 0 Å². The Hall–Kier alpha value is -1.08. The molecule has 7 heteroatoms. The average molecular weight is 256 g/mol. The van der Waals surface area contributed by atoms with Crippen LogP contribution in [0.1, 0.15) is 24.3 Å². The van der Waals surface area contributed by atoms with Crippen LogP contribution < -0.4 is 5.73 Å². The van der Waals surface area contributed by atoms with Gasteiger partial charge in [-0.15, -0.1) is 11.3 Å². The van der Waals surface area contributed by atoms with Crippen LogP contribution in [0.15, 0.2) is 9.90 Å². The van der Waals surface area contributed by atoms with Crippen molar-refractivity contribution in [3.8, 4) is 0 Å². The van der Waals surface area contributed by atoms with Crippen LogP contribution in [-0.2, 0) is 12.2 Å². The molecule has 0 unspecified atom stereocenters. The van der Waals surface area contributed by atoms with Crippen molar-refractivity contribution in [3.63, 3.8) is 0 Å². The Balaban J connectivity index is 1.97. The summed E-state index contributed by atoms with van der Waals surface area (Å²) >= 11 is 3.18. The lowest BCUT2D eigenvalue weighted by Crippen LogP contribution is -1.91. The fourth-order valence-corrected chi connectivity index (χ4v) is 2.24. The van der Waals surface area contributed by atoms with Crippen LogP contribution in [0.25, 0.3) is 0 Å². The zero-order valence-electron chi connectivity index (χ0n) is 8.84. The predicted octanol–water partition coefficient (Wildman–Crippen LogP) is 1.95. The third kappa shape index (κ3) is 2.96. The molecule has 0 saturated heterocycles. The number of thiazole rings is 1. The molecule has 5 nitrogen and oxygen atoms in total. The van der Waals surface area contributed by atoms with E-state index in [1.807, 2.05) is 5.38 Å². The van der Waals surface area contributed by atoms with E-state index in [1.165, 1.54) is 11.3 Å². The van der Waals surface area contributed by atoms with Gasteiger partial charge in [0.1, 0.15) is 0 Å². The molecule has 0 atom stereocenters. The summed E-state index contributed by atoms with van der Waals surface area (Å²) in [5.74, 6) is 3.17. The number of rotatable bonds is 5. The zero-order chi connectivity index (χ0) is 11.4. The van der Waals surface area contributed by atoms with Gasteiger partial charge < -0.3 is 10.3 Å². The van der Waals surface area contributed by atoms with Crippen molar-refractivity contribution in [3.05, 3.63) is 22.8 Å². The number of anilines is 1. The van der Waals surface area contributed by atoms with E-state index in [9.17, 15) is 0 Å². The minimum Gasteiger partial charge on any atom is -0.375 e. The van der Waals surface area contributed by atoms with E-state index in [1.54, 1.807) is 11.8 Å². The first kappa shape index (κ1) is 11.4. The predicted molar refractivity (Wildman–Crippen MR) is 65.5 cm³/mol.